The summed E-state index contributed by atoms with van der Waals surface area (Å²) >= 11 is 1.75. The zero-order valence-corrected chi connectivity index (χ0v) is 13.7. The van der Waals surface area contributed by atoms with Gasteiger partial charge in [-0.05, 0) is 53.1 Å². The van der Waals surface area contributed by atoms with Crippen molar-refractivity contribution in [1.29, 1.82) is 0 Å². The van der Waals surface area contributed by atoms with Gasteiger partial charge >= 0.3 is 6.18 Å². The smallest absolute Gasteiger partial charge is 0.256 e. The Labute approximate surface area is 137 Å². The van der Waals surface area contributed by atoms with Gasteiger partial charge in [0.25, 0.3) is 0 Å². The van der Waals surface area contributed by atoms with Crippen LogP contribution in [0.15, 0.2) is 35.4 Å². The van der Waals surface area contributed by atoms with Crippen molar-refractivity contribution in [3.05, 3.63) is 58.4 Å². The van der Waals surface area contributed by atoms with E-state index in [-0.39, 0.29) is 0 Å². The van der Waals surface area contributed by atoms with Crippen molar-refractivity contribution in [2.75, 3.05) is 5.75 Å². The minimum atomic E-state index is -4.35. The molecule has 0 spiro atoms. The number of hydrogen-bond donors (Lipinski definition) is 0. The van der Waals surface area contributed by atoms with Crippen molar-refractivity contribution >= 4 is 23.4 Å². The first kappa shape index (κ1) is 16.1. The van der Waals surface area contributed by atoms with Gasteiger partial charge in [0, 0.05) is 17.5 Å². The Morgan fingerprint density at radius 3 is 2.70 bits per heavy atom. The van der Waals surface area contributed by atoms with Gasteiger partial charge < -0.3 is 0 Å². The fourth-order valence-electron chi connectivity index (χ4n) is 2.71. The third-order valence-corrected chi connectivity index (χ3v) is 4.74. The molecule has 1 aromatic heterocycles. The molecule has 1 aliphatic carbocycles. The number of rotatable bonds is 3. The third kappa shape index (κ3) is 3.29. The standard InChI is InChI=1S/C18H16F3NS/c1-3-23-17-6-11(2)4-5-15(17)12-7-13-8-14(18(19,20)21)10-22-16(13)9-12/h4-6,8-10H,3,7H2,1-2H3. The van der Waals surface area contributed by atoms with Crippen molar-refractivity contribution < 1.29 is 13.2 Å². The van der Waals surface area contributed by atoms with Crippen molar-refractivity contribution in [3.63, 3.8) is 0 Å². The Morgan fingerprint density at radius 1 is 1.22 bits per heavy atom. The molecule has 5 heteroatoms. The lowest BCUT2D eigenvalue weighted by atomic mass is 10.0. The van der Waals surface area contributed by atoms with Crippen LogP contribution >= 0.6 is 11.8 Å². The number of fused-ring (bicyclic) bond motifs is 1. The highest BCUT2D eigenvalue weighted by Crippen LogP contribution is 2.38. The highest BCUT2D eigenvalue weighted by molar-refractivity contribution is 7.99. The van der Waals surface area contributed by atoms with Crippen LogP contribution in [0, 0.1) is 6.92 Å². The van der Waals surface area contributed by atoms with Crippen molar-refractivity contribution in [1.82, 2.24) is 4.98 Å². The van der Waals surface area contributed by atoms with Crippen molar-refractivity contribution in [2.24, 2.45) is 0 Å². The van der Waals surface area contributed by atoms with Crippen molar-refractivity contribution in [2.45, 2.75) is 31.3 Å². The van der Waals surface area contributed by atoms with E-state index in [1.165, 1.54) is 16.5 Å². The van der Waals surface area contributed by atoms with Gasteiger partial charge in [-0.25, -0.2) is 0 Å². The van der Waals surface area contributed by atoms with Gasteiger partial charge in [-0.1, -0.05) is 19.1 Å². The summed E-state index contributed by atoms with van der Waals surface area (Å²) in [7, 11) is 0. The highest BCUT2D eigenvalue weighted by Gasteiger charge is 2.32. The molecule has 0 aliphatic heterocycles. The fraction of sp³-hybridized carbons (Fsp3) is 0.278. The van der Waals surface area contributed by atoms with Crippen LogP contribution in [0.1, 0.15) is 34.9 Å². The highest BCUT2D eigenvalue weighted by atomic mass is 32.2. The summed E-state index contributed by atoms with van der Waals surface area (Å²) in [6.45, 7) is 4.13. The van der Waals surface area contributed by atoms with E-state index in [1.807, 2.05) is 19.1 Å². The van der Waals surface area contributed by atoms with E-state index in [0.29, 0.717) is 17.7 Å². The SMILES string of the molecule is CCSc1cc(C)ccc1C1=Cc2ncc(C(F)(F)F)cc2C1. The molecule has 0 amide bonds. The van der Waals surface area contributed by atoms with Gasteiger partial charge in [-0.2, -0.15) is 13.2 Å². The Morgan fingerprint density at radius 2 is 2.00 bits per heavy atom. The Hall–Kier alpha value is -1.75. The van der Waals surface area contributed by atoms with Gasteiger partial charge in [0.05, 0.1) is 11.3 Å². The lowest BCUT2D eigenvalue weighted by Crippen LogP contribution is -2.06. The second-order valence-corrected chi connectivity index (χ2v) is 6.85. The lowest BCUT2D eigenvalue weighted by molar-refractivity contribution is -0.137. The second-order valence-electron chi connectivity index (χ2n) is 5.55. The molecule has 0 saturated heterocycles. The Kier molecular flexibility index (Phi) is 4.23. The number of halogens is 3. The monoisotopic (exact) mass is 335 g/mol. The first-order valence-electron chi connectivity index (χ1n) is 7.39. The van der Waals surface area contributed by atoms with E-state index in [9.17, 15) is 13.2 Å². The van der Waals surface area contributed by atoms with E-state index in [4.69, 9.17) is 0 Å². The number of thioether (sulfide) groups is 1. The molecule has 1 aliphatic rings. The minimum Gasteiger partial charge on any atom is -0.256 e. The van der Waals surface area contributed by atoms with Crippen LogP contribution in [0.2, 0.25) is 0 Å². The maximum atomic E-state index is 12.8. The number of alkyl halides is 3. The molecule has 1 heterocycles. The average molecular weight is 335 g/mol. The summed E-state index contributed by atoms with van der Waals surface area (Å²) in [6, 6.07) is 7.43. The average Bonchev–Trinajstić information content (AvgIpc) is 2.89. The molecular weight excluding hydrogens is 319 g/mol. The minimum absolute atomic E-state index is 0.493. The molecule has 2 aromatic rings. The van der Waals surface area contributed by atoms with E-state index in [1.54, 1.807) is 11.8 Å². The Balaban J connectivity index is 1.96. The van der Waals surface area contributed by atoms with E-state index < -0.39 is 11.7 Å². The number of pyridine rings is 1. The summed E-state index contributed by atoms with van der Waals surface area (Å²) in [4.78, 5) is 5.16. The summed E-state index contributed by atoms with van der Waals surface area (Å²) in [5.74, 6) is 0.952. The quantitative estimate of drug-likeness (QED) is 0.676. The molecule has 1 aromatic carbocycles. The zero-order valence-electron chi connectivity index (χ0n) is 12.9. The maximum absolute atomic E-state index is 12.8. The number of benzene rings is 1. The zero-order chi connectivity index (χ0) is 16.6. The van der Waals surface area contributed by atoms with Gasteiger partial charge in [0.15, 0.2) is 0 Å². The molecule has 0 bridgehead atoms. The molecule has 0 radical (unpaired) electrons. The summed E-state index contributed by atoms with van der Waals surface area (Å²) in [5, 5.41) is 0. The predicted octanol–water partition coefficient (Wildman–Crippen LogP) is 5.62. The second kappa shape index (κ2) is 6.04. The van der Waals surface area contributed by atoms with Gasteiger partial charge in [-0.3, -0.25) is 4.98 Å². The summed E-state index contributed by atoms with van der Waals surface area (Å²) < 4.78 is 38.5. The normalized spacial score (nSPS) is 13.9. The van der Waals surface area contributed by atoms with Crippen LogP contribution in [-0.4, -0.2) is 10.7 Å². The summed E-state index contributed by atoms with van der Waals surface area (Å²) in [6.07, 6.45) is -1.04. The molecule has 1 nitrogen and oxygen atoms in total. The number of nitrogens with zero attached hydrogens (tertiary/aromatic N) is 1. The van der Waals surface area contributed by atoms with E-state index >= 15 is 0 Å². The van der Waals surface area contributed by atoms with Gasteiger partial charge in [0.2, 0.25) is 0 Å². The molecule has 0 fully saturated rings. The van der Waals surface area contributed by atoms with Crippen molar-refractivity contribution in [3.8, 4) is 0 Å². The number of hydrogen-bond acceptors (Lipinski definition) is 2. The topological polar surface area (TPSA) is 12.9 Å². The van der Waals surface area contributed by atoms with Crippen LogP contribution in [-0.2, 0) is 12.6 Å². The van der Waals surface area contributed by atoms with Crippen LogP contribution in [0.5, 0.6) is 0 Å². The first-order chi connectivity index (χ1) is 10.9. The molecular formula is C18H16F3NS. The van der Waals surface area contributed by atoms with Gasteiger partial charge in [-0.15, -0.1) is 11.8 Å². The molecule has 23 heavy (non-hydrogen) atoms. The lowest BCUT2D eigenvalue weighted by Gasteiger charge is -2.11. The number of allylic oxidation sites excluding steroid dienone is 1. The van der Waals surface area contributed by atoms with Crippen LogP contribution in [0.4, 0.5) is 13.2 Å². The van der Waals surface area contributed by atoms with E-state index in [2.05, 4.69) is 24.0 Å². The molecule has 3 rings (SSSR count). The third-order valence-electron chi connectivity index (χ3n) is 3.80. The van der Waals surface area contributed by atoms with Crippen LogP contribution < -0.4 is 0 Å². The summed E-state index contributed by atoms with van der Waals surface area (Å²) in [5.41, 5.74) is 3.90. The van der Waals surface area contributed by atoms with Gasteiger partial charge in [0.1, 0.15) is 0 Å². The number of aromatic nitrogens is 1. The largest absolute Gasteiger partial charge is 0.417 e. The first-order valence-corrected chi connectivity index (χ1v) is 8.37. The van der Waals surface area contributed by atoms with E-state index in [0.717, 1.165) is 23.1 Å². The predicted molar refractivity (Wildman–Crippen MR) is 88.4 cm³/mol. The Bertz CT molecular complexity index is 778. The molecule has 0 saturated carbocycles. The van der Waals surface area contributed by atoms with Crippen LogP contribution in [0.25, 0.3) is 11.6 Å². The fourth-order valence-corrected chi connectivity index (χ4v) is 3.65. The molecule has 120 valence electrons. The maximum Gasteiger partial charge on any atom is 0.417 e. The molecule has 0 unspecified atom stereocenters. The van der Waals surface area contributed by atoms with Crippen LogP contribution in [0.3, 0.4) is 0 Å². The number of aryl methyl sites for hydroxylation is 1. The molecule has 0 N–H and O–H groups in total. The molecule has 0 atom stereocenters.